The second-order valence-corrected chi connectivity index (χ2v) is 8.52. The van der Waals surface area contributed by atoms with Gasteiger partial charge in [0.05, 0.1) is 5.02 Å². The molecule has 1 aromatic rings. The number of sulfonamides is 1. The zero-order chi connectivity index (χ0) is 16.4. The van der Waals surface area contributed by atoms with Gasteiger partial charge in [-0.25, -0.2) is 8.42 Å². The Hall–Kier alpha value is -1.11. The first kappa shape index (κ1) is 16.7. The number of halogens is 1. The van der Waals surface area contributed by atoms with E-state index in [0.29, 0.717) is 18.7 Å². The molecule has 1 saturated heterocycles. The van der Waals surface area contributed by atoms with Gasteiger partial charge in [0.2, 0.25) is 10.0 Å². The van der Waals surface area contributed by atoms with E-state index in [1.54, 1.807) is 6.07 Å². The topological polar surface area (TPSA) is 66.5 Å². The van der Waals surface area contributed by atoms with E-state index in [-0.39, 0.29) is 21.9 Å². The van der Waals surface area contributed by atoms with Gasteiger partial charge in [0.15, 0.2) is 0 Å². The summed E-state index contributed by atoms with van der Waals surface area (Å²) >= 11 is 6.10. The van der Waals surface area contributed by atoms with Gasteiger partial charge in [0, 0.05) is 24.7 Å². The number of carbonyl (C=O) groups is 1. The molecule has 1 heterocycles. The quantitative estimate of drug-likeness (QED) is 0.902. The largest absolute Gasteiger partial charge is 0.349 e. The van der Waals surface area contributed by atoms with Crippen LogP contribution in [0.1, 0.15) is 48.9 Å². The van der Waals surface area contributed by atoms with E-state index in [0.717, 1.165) is 38.5 Å². The predicted molar refractivity (Wildman–Crippen MR) is 89.2 cm³/mol. The molecule has 23 heavy (non-hydrogen) atoms. The Morgan fingerprint density at radius 1 is 1.13 bits per heavy atom. The minimum Gasteiger partial charge on any atom is -0.349 e. The lowest BCUT2D eigenvalue weighted by atomic mass is 10.2. The van der Waals surface area contributed by atoms with Gasteiger partial charge in [-0.3, -0.25) is 4.79 Å². The summed E-state index contributed by atoms with van der Waals surface area (Å²) < 4.78 is 26.8. The molecule has 1 aliphatic carbocycles. The van der Waals surface area contributed by atoms with Crippen LogP contribution in [0.4, 0.5) is 0 Å². The highest BCUT2D eigenvalue weighted by molar-refractivity contribution is 7.89. The molecule has 126 valence electrons. The third-order valence-corrected chi connectivity index (χ3v) is 6.95. The summed E-state index contributed by atoms with van der Waals surface area (Å²) in [6.45, 7) is 1.02. The lowest BCUT2D eigenvalue weighted by molar-refractivity contribution is 0.0937. The molecule has 0 atom stereocenters. The molecule has 3 rings (SSSR count). The maximum atomic E-state index is 12.7. The van der Waals surface area contributed by atoms with Crippen LogP contribution in [0.5, 0.6) is 0 Å². The van der Waals surface area contributed by atoms with Crippen LogP contribution < -0.4 is 5.32 Å². The van der Waals surface area contributed by atoms with Crippen LogP contribution in [0.3, 0.4) is 0 Å². The molecule has 1 saturated carbocycles. The summed E-state index contributed by atoms with van der Waals surface area (Å²) in [7, 11) is -3.63. The van der Waals surface area contributed by atoms with Crippen LogP contribution >= 0.6 is 11.6 Å². The fourth-order valence-corrected chi connectivity index (χ4v) is 5.27. The van der Waals surface area contributed by atoms with Crippen LogP contribution in [0.15, 0.2) is 23.1 Å². The third kappa shape index (κ3) is 3.54. The van der Waals surface area contributed by atoms with Crippen molar-refractivity contribution < 1.29 is 13.2 Å². The van der Waals surface area contributed by atoms with E-state index in [1.807, 2.05) is 0 Å². The molecule has 5 nitrogen and oxygen atoms in total. The van der Waals surface area contributed by atoms with Gasteiger partial charge in [-0.1, -0.05) is 24.4 Å². The first-order valence-electron chi connectivity index (χ1n) is 8.09. The Balaban J connectivity index is 1.85. The molecule has 0 spiro atoms. The van der Waals surface area contributed by atoms with Crippen LogP contribution in [-0.2, 0) is 10.0 Å². The van der Waals surface area contributed by atoms with E-state index < -0.39 is 10.0 Å². The highest BCUT2D eigenvalue weighted by Crippen LogP contribution is 2.28. The van der Waals surface area contributed by atoms with E-state index in [1.165, 1.54) is 16.4 Å². The minimum atomic E-state index is -3.63. The molecule has 0 unspecified atom stereocenters. The summed E-state index contributed by atoms with van der Waals surface area (Å²) in [5.74, 6) is -0.230. The van der Waals surface area contributed by atoms with Gasteiger partial charge in [-0.05, 0) is 43.9 Å². The monoisotopic (exact) mass is 356 g/mol. The molecule has 1 aromatic carbocycles. The fourth-order valence-electron chi connectivity index (χ4n) is 3.25. The molecular weight excluding hydrogens is 336 g/mol. The zero-order valence-corrected chi connectivity index (χ0v) is 14.5. The van der Waals surface area contributed by atoms with Crippen LogP contribution in [-0.4, -0.2) is 37.8 Å². The number of nitrogens with zero attached hydrogens (tertiary/aromatic N) is 1. The molecule has 0 bridgehead atoms. The number of nitrogens with one attached hydrogen (secondary N) is 1. The molecule has 1 aliphatic heterocycles. The first-order valence-corrected chi connectivity index (χ1v) is 9.91. The second kappa shape index (κ2) is 6.79. The van der Waals surface area contributed by atoms with Crippen LogP contribution in [0.25, 0.3) is 0 Å². The van der Waals surface area contributed by atoms with Gasteiger partial charge in [0.1, 0.15) is 4.90 Å². The molecule has 2 aliphatic rings. The maximum absolute atomic E-state index is 12.7. The van der Waals surface area contributed by atoms with Crippen molar-refractivity contribution >= 4 is 27.5 Å². The summed E-state index contributed by atoms with van der Waals surface area (Å²) in [4.78, 5) is 12.4. The van der Waals surface area contributed by atoms with E-state index in [4.69, 9.17) is 11.6 Å². The number of hydrogen-bond donors (Lipinski definition) is 1. The zero-order valence-electron chi connectivity index (χ0n) is 12.9. The average Bonchev–Trinajstić information content (AvgIpc) is 3.21. The highest BCUT2D eigenvalue weighted by Gasteiger charge is 2.30. The van der Waals surface area contributed by atoms with Crippen molar-refractivity contribution in [3.63, 3.8) is 0 Å². The molecule has 1 N–H and O–H groups in total. The Bertz CT molecular complexity index is 693. The SMILES string of the molecule is O=C(NC1CCCC1)c1ccc(Cl)c(S(=O)(=O)N2CCCC2)c1. The van der Waals surface area contributed by atoms with Crippen molar-refractivity contribution in [2.45, 2.75) is 49.5 Å². The number of carbonyl (C=O) groups excluding carboxylic acids is 1. The van der Waals surface area contributed by atoms with Crippen molar-refractivity contribution in [1.29, 1.82) is 0 Å². The lowest BCUT2D eigenvalue weighted by Gasteiger charge is -2.17. The summed E-state index contributed by atoms with van der Waals surface area (Å²) in [6, 6.07) is 4.67. The number of benzene rings is 1. The number of amides is 1. The highest BCUT2D eigenvalue weighted by atomic mass is 35.5. The summed E-state index contributed by atoms with van der Waals surface area (Å²) in [5, 5.41) is 3.13. The van der Waals surface area contributed by atoms with Crippen molar-refractivity contribution in [3.8, 4) is 0 Å². The lowest BCUT2D eigenvalue weighted by Crippen LogP contribution is -2.33. The van der Waals surface area contributed by atoms with Gasteiger partial charge in [-0.2, -0.15) is 4.31 Å². The minimum absolute atomic E-state index is 0.0279. The van der Waals surface area contributed by atoms with Crippen molar-refractivity contribution in [3.05, 3.63) is 28.8 Å². The maximum Gasteiger partial charge on any atom is 0.251 e. The summed E-state index contributed by atoms with van der Waals surface area (Å²) in [6.07, 6.45) is 5.94. The second-order valence-electron chi connectivity index (χ2n) is 6.21. The van der Waals surface area contributed by atoms with Crippen LogP contribution in [0, 0.1) is 0 Å². The third-order valence-electron chi connectivity index (χ3n) is 4.57. The number of hydrogen-bond acceptors (Lipinski definition) is 3. The Morgan fingerprint density at radius 3 is 2.43 bits per heavy atom. The molecule has 0 aromatic heterocycles. The van der Waals surface area contributed by atoms with E-state index >= 15 is 0 Å². The van der Waals surface area contributed by atoms with Crippen molar-refractivity contribution in [1.82, 2.24) is 9.62 Å². The smallest absolute Gasteiger partial charge is 0.251 e. The van der Waals surface area contributed by atoms with Crippen molar-refractivity contribution in [2.24, 2.45) is 0 Å². The van der Waals surface area contributed by atoms with Gasteiger partial charge in [0.25, 0.3) is 5.91 Å². The molecule has 2 fully saturated rings. The molecule has 1 amide bonds. The molecule has 7 heteroatoms. The van der Waals surface area contributed by atoms with Crippen LogP contribution in [0.2, 0.25) is 5.02 Å². The normalized spacial score (nSPS) is 20.0. The van der Waals surface area contributed by atoms with E-state index in [9.17, 15) is 13.2 Å². The standard InChI is InChI=1S/C16H21ClN2O3S/c17-14-8-7-12(16(20)18-13-5-1-2-6-13)11-15(14)23(21,22)19-9-3-4-10-19/h7-8,11,13H,1-6,9-10H2,(H,18,20). The van der Waals surface area contributed by atoms with Gasteiger partial charge < -0.3 is 5.32 Å². The number of rotatable bonds is 4. The van der Waals surface area contributed by atoms with Gasteiger partial charge >= 0.3 is 0 Å². The average molecular weight is 357 g/mol. The Labute approximate surface area is 142 Å². The fraction of sp³-hybridized carbons (Fsp3) is 0.562. The van der Waals surface area contributed by atoms with Gasteiger partial charge in [-0.15, -0.1) is 0 Å². The van der Waals surface area contributed by atoms with Crippen molar-refractivity contribution in [2.75, 3.05) is 13.1 Å². The molecule has 0 radical (unpaired) electrons. The summed E-state index contributed by atoms with van der Waals surface area (Å²) in [5.41, 5.74) is 0.346. The predicted octanol–water partition coefficient (Wildman–Crippen LogP) is 2.80. The first-order chi connectivity index (χ1) is 11.0. The van der Waals surface area contributed by atoms with E-state index in [2.05, 4.69) is 5.32 Å². The molecular formula is C16H21ClN2O3S. The Kier molecular flexibility index (Phi) is 4.94. The Morgan fingerprint density at radius 2 is 1.78 bits per heavy atom.